The van der Waals surface area contributed by atoms with Gasteiger partial charge in [0.25, 0.3) is 0 Å². The molecule has 2 atom stereocenters. The van der Waals surface area contributed by atoms with Crippen molar-refractivity contribution in [3.8, 4) is 0 Å². The molecule has 0 spiro atoms. The maximum Gasteiger partial charge on any atom is 0.327 e. The van der Waals surface area contributed by atoms with E-state index in [9.17, 15) is 14.7 Å². The minimum Gasteiger partial charge on any atom is -0.480 e. The second-order valence-corrected chi connectivity index (χ2v) is 6.15. The topological polar surface area (TPSA) is 79.3 Å². The molecule has 1 fully saturated rings. The second-order valence-electron chi connectivity index (χ2n) is 4.80. The van der Waals surface area contributed by atoms with Crippen LogP contribution < -0.4 is 0 Å². The molecule has 21 heavy (non-hydrogen) atoms. The van der Waals surface area contributed by atoms with E-state index in [0.717, 1.165) is 0 Å². The van der Waals surface area contributed by atoms with Gasteiger partial charge in [0.2, 0.25) is 0 Å². The van der Waals surface area contributed by atoms with Crippen molar-refractivity contribution in [1.82, 2.24) is 9.80 Å². The summed E-state index contributed by atoms with van der Waals surface area (Å²) >= 11 is 1.48. The Bertz CT molecular complexity index is 355. The van der Waals surface area contributed by atoms with Crippen LogP contribution >= 0.6 is 11.8 Å². The summed E-state index contributed by atoms with van der Waals surface area (Å²) < 4.78 is 10.0. The average Bonchev–Trinajstić information content (AvgIpc) is 2.84. The van der Waals surface area contributed by atoms with Crippen LogP contribution in [0.4, 0.5) is 4.79 Å². The van der Waals surface area contributed by atoms with Crippen molar-refractivity contribution in [3.05, 3.63) is 0 Å². The minimum absolute atomic E-state index is 0.133. The zero-order chi connectivity index (χ0) is 15.8. The number of carbonyl (C=O) groups excluding carboxylic acids is 1. The lowest BCUT2D eigenvalue weighted by atomic mass is 10.3. The van der Waals surface area contributed by atoms with Gasteiger partial charge in [-0.3, -0.25) is 4.90 Å². The van der Waals surface area contributed by atoms with Crippen molar-refractivity contribution in [2.24, 2.45) is 0 Å². The molecule has 2 unspecified atom stereocenters. The molecule has 1 aliphatic heterocycles. The Labute approximate surface area is 129 Å². The third-order valence-electron chi connectivity index (χ3n) is 3.34. The Morgan fingerprint density at radius 1 is 1.29 bits per heavy atom. The SMILES string of the molecule is COCCCN(CCOC)C(=O)N1C(C)SCC1C(=O)O. The van der Waals surface area contributed by atoms with E-state index in [1.54, 1.807) is 19.1 Å². The molecule has 0 bridgehead atoms. The van der Waals surface area contributed by atoms with Crippen LogP contribution in [0.1, 0.15) is 13.3 Å². The highest BCUT2D eigenvalue weighted by atomic mass is 32.2. The lowest BCUT2D eigenvalue weighted by molar-refractivity contribution is -0.141. The largest absolute Gasteiger partial charge is 0.480 e. The molecule has 0 aliphatic carbocycles. The van der Waals surface area contributed by atoms with Crippen LogP contribution in [0.25, 0.3) is 0 Å². The molecular formula is C13H24N2O5S. The average molecular weight is 320 g/mol. The molecule has 7 nitrogen and oxygen atoms in total. The number of rotatable bonds is 8. The summed E-state index contributed by atoms with van der Waals surface area (Å²) in [4.78, 5) is 27.0. The van der Waals surface area contributed by atoms with Gasteiger partial charge in [-0.25, -0.2) is 9.59 Å². The molecule has 1 N–H and O–H groups in total. The van der Waals surface area contributed by atoms with Crippen LogP contribution in [0.5, 0.6) is 0 Å². The lowest BCUT2D eigenvalue weighted by Crippen LogP contribution is -2.52. The first-order valence-electron chi connectivity index (χ1n) is 6.92. The molecule has 1 saturated heterocycles. The Hall–Kier alpha value is -0.990. The van der Waals surface area contributed by atoms with E-state index >= 15 is 0 Å². The molecule has 1 rings (SSSR count). The molecule has 1 aliphatic rings. The molecule has 8 heteroatoms. The number of carboxylic acid groups (broad SMARTS) is 1. The van der Waals surface area contributed by atoms with Gasteiger partial charge < -0.3 is 19.5 Å². The fraction of sp³-hybridized carbons (Fsp3) is 0.846. The van der Waals surface area contributed by atoms with Crippen LogP contribution in [0, 0.1) is 0 Å². The summed E-state index contributed by atoms with van der Waals surface area (Å²) in [6, 6.07) is -1.00. The van der Waals surface area contributed by atoms with Crippen molar-refractivity contribution in [3.63, 3.8) is 0 Å². The van der Waals surface area contributed by atoms with E-state index in [2.05, 4.69) is 0 Å². The van der Waals surface area contributed by atoms with Gasteiger partial charge in [-0.2, -0.15) is 0 Å². The number of hydrogen-bond acceptors (Lipinski definition) is 5. The number of aliphatic carboxylic acids is 1. The predicted octanol–water partition coefficient (Wildman–Crippen LogP) is 0.939. The summed E-state index contributed by atoms with van der Waals surface area (Å²) in [6.45, 7) is 3.81. The van der Waals surface area contributed by atoms with E-state index < -0.39 is 12.0 Å². The Balaban J connectivity index is 2.73. The van der Waals surface area contributed by atoms with Gasteiger partial charge >= 0.3 is 12.0 Å². The molecule has 1 heterocycles. The Morgan fingerprint density at radius 3 is 2.52 bits per heavy atom. The van der Waals surface area contributed by atoms with Gasteiger partial charge in [0.05, 0.1) is 12.0 Å². The second kappa shape index (κ2) is 9.11. The van der Waals surface area contributed by atoms with Crippen molar-refractivity contribution < 1.29 is 24.2 Å². The van der Waals surface area contributed by atoms with E-state index in [1.165, 1.54) is 16.7 Å². The molecule has 122 valence electrons. The van der Waals surface area contributed by atoms with Crippen molar-refractivity contribution >= 4 is 23.8 Å². The van der Waals surface area contributed by atoms with Crippen LogP contribution in [-0.4, -0.2) is 84.6 Å². The number of methoxy groups -OCH3 is 2. The smallest absolute Gasteiger partial charge is 0.327 e. The fourth-order valence-electron chi connectivity index (χ4n) is 2.19. The summed E-state index contributed by atoms with van der Waals surface area (Å²) in [6.07, 6.45) is 0.707. The van der Waals surface area contributed by atoms with Crippen molar-refractivity contribution in [2.75, 3.05) is 46.3 Å². The first kappa shape index (κ1) is 18.1. The highest BCUT2D eigenvalue weighted by Gasteiger charge is 2.41. The minimum atomic E-state index is -0.955. The van der Waals surface area contributed by atoms with Gasteiger partial charge in [0.1, 0.15) is 6.04 Å². The molecule has 0 aromatic rings. The van der Waals surface area contributed by atoms with Gasteiger partial charge in [0.15, 0.2) is 0 Å². The maximum absolute atomic E-state index is 12.6. The number of carbonyl (C=O) groups is 2. The maximum atomic E-state index is 12.6. The van der Waals surface area contributed by atoms with Crippen molar-refractivity contribution in [2.45, 2.75) is 24.8 Å². The first-order chi connectivity index (χ1) is 10.0. The molecular weight excluding hydrogens is 296 g/mol. The number of hydrogen-bond donors (Lipinski definition) is 1. The quantitative estimate of drug-likeness (QED) is 0.671. The molecule has 2 amide bonds. The van der Waals surface area contributed by atoms with Crippen molar-refractivity contribution in [1.29, 1.82) is 0 Å². The van der Waals surface area contributed by atoms with Crippen LogP contribution in [-0.2, 0) is 14.3 Å². The number of nitrogens with zero attached hydrogens (tertiary/aromatic N) is 2. The van der Waals surface area contributed by atoms with Gasteiger partial charge in [-0.05, 0) is 13.3 Å². The first-order valence-corrected chi connectivity index (χ1v) is 7.97. The Morgan fingerprint density at radius 2 is 1.95 bits per heavy atom. The molecule has 0 aromatic heterocycles. The Kier molecular flexibility index (Phi) is 7.84. The van der Waals surface area contributed by atoms with Gasteiger partial charge in [-0.15, -0.1) is 11.8 Å². The number of thioether (sulfide) groups is 1. The lowest BCUT2D eigenvalue weighted by Gasteiger charge is -2.32. The molecule has 0 saturated carbocycles. The summed E-state index contributed by atoms with van der Waals surface area (Å²) in [7, 11) is 3.19. The van der Waals surface area contributed by atoms with Gasteiger partial charge in [0, 0.05) is 39.7 Å². The predicted molar refractivity (Wildman–Crippen MR) is 80.5 cm³/mol. The van der Waals surface area contributed by atoms with Crippen LogP contribution in [0.2, 0.25) is 0 Å². The monoisotopic (exact) mass is 320 g/mol. The highest BCUT2D eigenvalue weighted by Crippen LogP contribution is 2.29. The normalized spacial score (nSPS) is 21.6. The van der Waals surface area contributed by atoms with E-state index in [1.807, 2.05) is 6.92 Å². The third-order valence-corrected chi connectivity index (χ3v) is 4.56. The number of amides is 2. The molecule has 0 radical (unpaired) electrons. The third kappa shape index (κ3) is 5.05. The fourth-order valence-corrected chi connectivity index (χ4v) is 3.35. The zero-order valence-electron chi connectivity index (χ0n) is 12.8. The van der Waals surface area contributed by atoms with Gasteiger partial charge in [-0.1, -0.05) is 0 Å². The van der Waals surface area contributed by atoms with E-state index in [4.69, 9.17) is 9.47 Å². The van der Waals surface area contributed by atoms with Crippen LogP contribution in [0.15, 0.2) is 0 Å². The summed E-state index contributed by atoms with van der Waals surface area (Å²) in [5.74, 6) is -0.526. The standard InChI is InChI=1S/C13H24N2O5S/c1-10-15(11(9-21-10)12(16)17)13(18)14(6-8-20-3)5-4-7-19-2/h10-11H,4-9H2,1-3H3,(H,16,17). The van der Waals surface area contributed by atoms with E-state index in [-0.39, 0.29) is 11.4 Å². The number of ether oxygens (including phenoxy) is 2. The highest BCUT2D eigenvalue weighted by molar-refractivity contribution is 8.00. The number of urea groups is 1. The van der Waals surface area contributed by atoms with Crippen LogP contribution in [0.3, 0.4) is 0 Å². The van der Waals surface area contributed by atoms with E-state index in [0.29, 0.717) is 38.5 Å². The number of carboxylic acids is 1. The zero-order valence-corrected chi connectivity index (χ0v) is 13.6. The summed E-state index contributed by atoms with van der Waals surface area (Å²) in [5, 5.41) is 9.12. The molecule has 0 aromatic carbocycles. The summed E-state index contributed by atoms with van der Waals surface area (Å²) in [5.41, 5.74) is 0.